The third kappa shape index (κ3) is 4.39. The van der Waals surface area contributed by atoms with Gasteiger partial charge < -0.3 is 5.32 Å². The molecule has 0 fully saturated rings. The zero-order valence-corrected chi connectivity index (χ0v) is 16.2. The zero-order valence-electron chi connectivity index (χ0n) is 13.8. The van der Waals surface area contributed by atoms with Crippen LogP contribution in [0.15, 0.2) is 71.1 Å². The highest BCUT2D eigenvalue weighted by Gasteiger charge is 2.15. The summed E-state index contributed by atoms with van der Waals surface area (Å²) in [4.78, 5) is 16.3. The number of nitrogens with one attached hydrogen (secondary N) is 1. The molecule has 1 amide bonds. The van der Waals surface area contributed by atoms with Crippen LogP contribution in [0.3, 0.4) is 0 Å². The fourth-order valence-corrected chi connectivity index (χ4v) is 3.41. The molecule has 0 unspecified atom stereocenters. The first-order chi connectivity index (χ1) is 12.7. The van der Waals surface area contributed by atoms with Gasteiger partial charge in [-0.15, -0.1) is 16.8 Å². The summed E-state index contributed by atoms with van der Waals surface area (Å²) in [5.74, 6) is 0.842. The molecule has 2 aromatic heterocycles. The lowest BCUT2D eigenvalue weighted by Crippen LogP contribution is -2.15. The van der Waals surface area contributed by atoms with Crippen molar-refractivity contribution in [2.75, 3.05) is 11.1 Å². The molecule has 0 saturated heterocycles. The molecule has 0 aliphatic carbocycles. The number of allylic oxidation sites excluding steroid dienone is 1. The van der Waals surface area contributed by atoms with E-state index in [1.54, 1.807) is 18.5 Å². The Morgan fingerprint density at radius 3 is 2.73 bits per heavy atom. The number of anilines is 1. The van der Waals surface area contributed by atoms with Gasteiger partial charge in [-0.3, -0.25) is 14.3 Å². The summed E-state index contributed by atoms with van der Waals surface area (Å²) in [6.07, 6.45) is 5.19. The van der Waals surface area contributed by atoms with E-state index >= 15 is 0 Å². The van der Waals surface area contributed by atoms with E-state index in [0.29, 0.717) is 11.7 Å². The van der Waals surface area contributed by atoms with Gasteiger partial charge in [0, 0.05) is 29.0 Å². The fraction of sp³-hybridized carbons (Fsp3) is 0.111. The van der Waals surface area contributed by atoms with E-state index < -0.39 is 0 Å². The summed E-state index contributed by atoms with van der Waals surface area (Å²) in [5, 5.41) is 12.0. The Labute approximate surface area is 163 Å². The van der Waals surface area contributed by atoms with Gasteiger partial charge >= 0.3 is 0 Å². The number of aromatic nitrogens is 4. The number of hydrogen-bond donors (Lipinski definition) is 1. The number of carbonyl (C=O) groups excluding carboxylic acids is 1. The average Bonchev–Trinajstić information content (AvgIpc) is 3.06. The molecule has 0 atom stereocenters. The molecule has 0 aliphatic heterocycles. The Bertz CT molecular complexity index is 913. The summed E-state index contributed by atoms with van der Waals surface area (Å²) < 4.78 is 2.77. The molecule has 6 nitrogen and oxygen atoms in total. The molecular weight excluding hydrogens is 414 g/mol. The van der Waals surface area contributed by atoms with E-state index in [1.807, 2.05) is 41.0 Å². The summed E-state index contributed by atoms with van der Waals surface area (Å²) in [6.45, 7) is 4.34. The lowest BCUT2D eigenvalue weighted by atomic mass is 10.2. The number of carbonyl (C=O) groups is 1. The van der Waals surface area contributed by atoms with E-state index in [4.69, 9.17) is 0 Å². The lowest BCUT2D eigenvalue weighted by molar-refractivity contribution is -0.113. The summed E-state index contributed by atoms with van der Waals surface area (Å²) in [7, 11) is 0. The van der Waals surface area contributed by atoms with Gasteiger partial charge in [-0.05, 0) is 40.2 Å². The normalized spacial score (nSPS) is 10.5. The first-order valence-corrected chi connectivity index (χ1v) is 9.58. The SMILES string of the molecule is C=CCn1c(SCC(=O)Nc2ccccc2Br)nnc1-c1ccncc1. The number of rotatable bonds is 7. The average molecular weight is 430 g/mol. The van der Waals surface area contributed by atoms with Crippen LogP contribution < -0.4 is 5.32 Å². The Morgan fingerprint density at radius 1 is 1.23 bits per heavy atom. The van der Waals surface area contributed by atoms with Crippen molar-refractivity contribution in [2.45, 2.75) is 11.7 Å². The molecule has 3 aromatic rings. The van der Waals surface area contributed by atoms with E-state index in [0.717, 1.165) is 21.5 Å². The molecule has 0 spiro atoms. The van der Waals surface area contributed by atoms with Gasteiger partial charge in [0.1, 0.15) is 0 Å². The lowest BCUT2D eigenvalue weighted by Gasteiger charge is -2.09. The van der Waals surface area contributed by atoms with Crippen LogP contribution >= 0.6 is 27.7 Å². The van der Waals surface area contributed by atoms with Crippen molar-refractivity contribution in [3.8, 4) is 11.4 Å². The minimum absolute atomic E-state index is 0.111. The quantitative estimate of drug-likeness (QED) is 0.453. The maximum Gasteiger partial charge on any atom is 0.234 e. The fourth-order valence-electron chi connectivity index (χ4n) is 2.28. The van der Waals surface area contributed by atoms with Crippen molar-refractivity contribution in [2.24, 2.45) is 0 Å². The maximum atomic E-state index is 12.2. The standard InChI is InChI=1S/C18H16BrN5OS/c1-2-11-24-17(13-7-9-20-10-8-13)22-23-18(24)26-12-16(25)21-15-6-4-3-5-14(15)19/h2-10H,1,11-12H2,(H,21,25). The Kier molecular flexibility index (Phi) is 6.19. The van der Waals surface area contributed by atoms with Gasteiger partial charge in [-0.1, -0.05) is 30.0 Å². The number of halogens is 1. The summed E-state index contributed by atoms with van der Waals surface area (Å²) in [5.41, 5.74) is 1.65. The van der Waals surface area contributed by atoms with Crippen molar-refractivity contribution < 1.29 is 4.79 Å². The molecule has 1 N–H and O–H groups in total. The van der Waals surface area contributed by atoms with Gasteiger partial charge in [0.05, 0.1) is 11.4 Å². The molecule has 132 valence electrons. The number of hydrogen-bond acceptors (Lipinski definition) is 5. The van der Waals surface area contributed by atoms with E-state index in [2.05, 4.69) is 43.0 Å². The largest absolute Gasteiger partial charge is 0.324 e. The van der Waals surface area contributed by atoms with Crippen molar-refractivity contribution in [1.29, 1.82) is 0 Å². The van der Waals surface area contributed by atoms with Gasteiger partial charge in [0.15, 0.2) is 11.0 Å². The zero-order chi connectivity index (χ0) is 18.4. The molecule has 0 radical (unpaired) electrons. The molecule has 26 heavy (non-hydrogen) atoms. The van der Waals surface area contributed by atoms with Gasteiger partial charge in [0.25, 0.3) is 0 Å². The highest BCUT2D eigenvalue weighted by atomic mass is 79.9. The molecule has 0 aliphatic rings. The van der Waals surface area contributed by atoms with Crippen LogP contribution in [-0.4, -0.2) is 31.4 Å². The second kappa shape index (κ2) is 8.77. The van der Waals surface area contributed by atoms with Gasteiger partial charge in [-0.2, -0.15) is 0 Å². The van der Waals surface area contributed by atoms with Gasteiger partial charge in [-0.25, -0.2) is 0 Å². The maximum absolute atomic E-state index is 12.2. The van der Waals surface area contributed by atoms with Crippen LogP contribution in [0.5, 0.6) is 0 Å². The van der Waals surface area contributed by atoms with Crippen LogP contribution in [0.2, 0.25) is 0 Å². The predicted molar refractivity (Wildman–Crippen MR) is 107 cm³/mol. The van der Waals surface area contributed by atoms with Crippen molar-refractivity contribution in [1.82, 2.24) is 19.7 Å². The molecule has 0 saturated carbocycles. The highest BCUT2D eigenvalue weighted by Crippen LogP contribution is 2.25. The smallest absolute Gasteiger partial charge is 0.234 e. The Morgan fingerprint density at radius 2 is 2.00 bits per heavy atom. The monoisotopic (exact) mass is 429 g/mol. The van der Waals surface area contributed by atoms with Crippen molar-refractivity contribution in [3.05, 3.63) is 65.9 Å². The minimum Gasteiger partial charge on any atom is -0.324 e. The second-order valence-corrected chi connectivity index (χ2v) is 7.05. The van der Waals surface area contributed by atoms with E-state index in [9.17, 15) is 4.79 Å². The second-order valence-electron chi connectivity index (χ2n) is 5.26. The number of nitrogens with zero attached hydrogens (tertiary/aromatic N) is 4. The van der Waals surface area contributed by atoms with Crippen LogP contribution in [0.25, 0.3) is 11.4 Å². The van der Waals surface area contributed by atoms with Crippen LogP contribution in [0, 0.1) is 0 Å². The Hall–Kier alpha value is -2.45. The first kappa shape index (κ1) is 18.3. The molecule has 1 aromatic carbocycles. The summed E-state index contributed by atoms with van der Waals surface area (Å²) in [6, 6.07) is 11.2. The number of thioether (sulfide) groups is 1. The van der Waals surface area contributed by atoms with Crippen LogP contribution in [0.4, 0.5) is 5.69 Å². The minimum atomic E-state index is -0.111. The number of benzene rings is 1. The van der Waals surface area contributed by atoms with E-state index in [1.165, 1.54) is 11.8 Å². The topological polar surface area (TPSA) is 72.7 Å². The highest BCUT2D eigenvalue weighted by molar-refractivity contribution is 9.10. The number of amides is 1. The van der Waals surface area contributed by atoms with Crippen molar-refractivity contribution in [3.63, 3.8) is 0 Å². The number of para-hydroxylation sites is 1. The molecule has 8 heteroatoms. The molecule has 3 rings (SSSR count). The molecule has 2 heterocycles. The van der Waals surface area contributed by atoms with E-state index in [-0.39, 0.29) is 11.7 Å². The first-order valence-electron chi connectivity index (χ1n) is 7.80. The van der Waals surface area contributed by atoms with Gasteiger partial charge in [0.2, 0.25) is 5.91 Å². The molecule has 0 bridgehead atoms. The van der Waals surface area contributed by atoms with Crippen LogP contribution in [0.1, 0.15) is 0 Å². The third-order valence-corrected chi connectivity index (χ3v) is 5.11. The van der Waals surface area contributed by atoms with Crippen molar-refractivity contribution >= 4 is 39.3 Å². The molecular formula is C18H16BrN5OS. The third-order valence-electron chi connectivity index (χ3n) is 3.45. The number of pyridine rings is 1. The van der Waals surface area contributed by atoms with Crippen LogP contribution in [-0.2, 0) is 11.3 Å². The predicted octanol–water partition coefficient (Wildman–Crippen LogP) is 4.02. The Balaban J connectivity index is 1.72. The summed E-state index contributed by atoms with van der Waals surface area (Å²) >= 11 is 4.75.